The minimum atomic E-state index is -0.0372. The lowest BCUT2D eigenvalue weighted by atomic mass is 10.0. The van der Waals surface area contributed by atoms with E-state index in [0.29, 0.717) is 5.02 Å². The number of nitrogens with zero attached hydrogens (tertiary/aromatic N) is 1. The zero-order valence-corrected chi connectivity index (χ0v) is 14.2. The largest absolute Gasteiger partial charge is 0.322 e. The molecule has 1 heterocycles. The van der Waals surface area contributed by atoms with E-state index in [1.54, 1.807) is 0 Å². The maximum Gasteiger partial charge on any atom is 0.322 e. The molecule has 1 aliphatic rings. The minimum absolute atomic E-state index is 0.0372. The highest BCUT2D eigenvalue weighted by Gasteiger charge is 2.30. The first-order chi connectivity index (χ1) is 11.1. The van der Waals surface area contributed by atoms with Crippen LogP contribution in [-0.4, -0.2) is 17.5 Å². The second-order valence-corrected chi connectivity index (χ2v) is 6.54. The van der Waals surface area contributed by atoms with Crippen molar-refractivity contribution in [3.63, 3.8) is 0 Å². The highest BCUT2D eigenvalue weighted by Crippen LogP contribution is 2.33. The number of urea groups is 1. The summed E-state index contributed by atoms with van der Waals surface area (Å²) < 4.78 is 0. The topological polar surface area (TPSA) is 32.3 Å². The number of nitrogens with one attached hydrogen (secondary N) is 1. The van der Waals surface area contributed by atoms with Crippen LogP contribution in [0.25, 0.3) is 0 Å². The molecule has 0 saturated carbocycles. The molecule has 3 nitrogen and oxygen atoms in total. The van der Waals surface area contributed by atoms with Crippen LogP contribution in [0.15, 0.2) is 42.5 Å². The molecular weight excluding hydrogens is 308 g/mol. The number of aryl methyl sites for hydroxylation is 2. The molecule has 2 aromatic rings. The molecule has 1 N–H and O–H groups in total. The van der Waals surface area contributed by atoms with Gasteiger partial charge < -0.3 is 10.2 Å². The Morgan fingerprint density at radius 2 is 1.87 bits per heavy atom. The summed E-state index contributed by atoms with van der Waals surface area (Å²) in [6.45, 7) is 4.80. The lowest BCUT2D eigenvalue weighted by Crippen LogP contribution is -2.34. The molecule has 0 bridgehead atoms. The number of hydrogen-bond donors (Lipinski definition) is 1. The minimum Gasteiger partial charge on any atom is -0.317 e. The van der Waals surface area contributed by atoms with E-state index in [0.717, 1.165) is 41.8 Å². The summed E-state index contributed by atoms with van der Waals surface area (Å²) in [6.07, 6.45) is 1.98. The van der Waals surface area contributed by atoms with Gasteiger partial charge in [-0.25, -0.2) is 4.79 Å². The summed E-state index contributed by atoms with van der Waals surface area (Å²) in [7, 11) is 0. The third-order valence-electron chi connectivity index (χ3n) is 4.46. The van der Waals surface area contributed by atoms with Gasteiger partial charge >= 0.3 is 6.03 Å². The Labute approximate surface area is 142 Å². The molecule has 1 saturated heterocycles. The summed E-state index contributed by atoms with van der Waals surface area (Å²) >= 11 is 6.10. The van der Waals surface area contributed by atoms with E-state index in [1.165, 1.54) is 0 Å². The van der Waals surface area contributed by atoms with Gasteiger partial charge in [0.2, 0.25) is 0 Å². The predicted molar refractivity (Wildman–Crippen MR) is 95.1 cm³/mol. The van der Waals surface area contributed by atoms with Crippen molar-refractivity contribution in [3.8, 4) is 0 Å². The highest BCUT2D eigenvalue weighted by atomic mass is 35.5. The number of carbonyl (C=O) groups is 1. The van der Waals surface area contributed by atoms with Crippen molar-refractivity contribution in [2.45, 2.75) is 32.7 Å². The molecular formula is C19H21ClN2O. The van der Waals surface area contributed by atoms with Gasteiger partial charge in [0, 0.05) is 17.3 Å². The smallest absolute Gasteiger partial charge is 0.317 e. The number of halogens is 1. The van der Waals surface area contributed by atoms with Crippen LogP contribution in [0.3, 0.4) is 0 Å². The molecule has 2 aromatic carbocycles. The third kappa shape index (κ3) is 3.35. The zero-order valence-electron chi connectivity index (χ0n) is 13.5. The summed E-state index contributed by atoms with van der Waals surface area (Å²) in [4.78, 5) is 14.7. The summed E-state index contributed by atoms with van der Waals surface area (Å²) in [6, 6.07) is 13.9. The predicted octanol–water partition coefficient (Wildman–Crippen LogP) is 5.33. The number of amides is 2. The van der Waals surface area contributed by atoms with E-state index in [4.69, 9.17) is 11.6 Å². The summed E-state index contributed by atoms with van der Waals surface area (Å²) in [5.74, 6) is 0. The molecule has 120 valence electrons. The summed E-state index contributed by atoms with van der Waals surface area (Å²) in [5.41, 5.74) is 4.18. The van der Waals surface area contributed by atoms with Gasteiger partial charge in [-0.2, -0.15) is 0 Å². The van der Waals surface area contributed by atoms with E-state index in [2.05, 4.69) is 5.32 Å². The molecule has 0 spiro atoms. The van der Waals surface area contributed by atoms with Gasteiger partial charge in [0.1, 0.15) is 0 Å². The molecule has 0 aliphatic carbocycles. The average molecular weight is 329 g/mol. The second-order valence-electron chi connectivity index (χ2n) is 6.10. The fourth-order valence-corrected chi connectivity index (χ4v) is 3.46. The van der Waals surface area contributed by atoms with Crippen molar-refractivity contribution in [1.82, 2.24) is 4.90 Å². The fraction of sp³-hybridized carbons (Fsp3) is 0.316. The Morgan fingerprint density at radius 3 is 2.57 bits per heavy atom. The molecule has 1 unspecified atom stereocenters. The van der Waals surface area contributed by atoms with Crippen molar-refractivity contribution >= 4 is 23.3 Å². The van der Waals surface area contributed by atoms with Crippen LogP contribution in [0, 0.1) is 13.8 Å². The van der Waals surface area contributed by atoms with Gasteiger partial charge in [0.05, 0.1) is 6.04 Å². The average Bonchev–Trinajstić information content (AvgIpc) is 3.00. The van der Waals surface area contributed by atoms with Gasteiger partial charge in [-0.15, -0.1) is 0 Å². The first-order valence-electron chi connectivity index (χ1n) is 7.95. The van der Waals surface area contributed by atoms with Gasteiger partial charge in [0.25, 0.3) is 0 Å². The van der Waals surface area contributed by atoms with Gasteiger partial charge in [0.15, 0.2) is 0 Å². The van der Waals surface area contributed by atoms with Crippen LogP contribution < -0.4 is 5.32 Å². The number of benzene rings is 2. The van der Waals surface area contributed by atoms with Crippen LogP contribution in [0.2, 0.25) is 5.02 Å². The molecule has 1 aliphatic heterocycles. The number of para-hydroxylation sites is 1. The second kappa shape index (κ2) is 6.63. The number of carbonyl (C=O) groups excluding carboxylic acids is 1. The fourth-order valence-electron chi connectivity index (χ4n) is 3.26. The Hall–Kier alpha value is -2.00. The molecule has 4 heteroatoms. The number of anilines is 1. The molecule has 3 rings (SSSR count). The van der Waals surface area contributed by atoms with E-state index < -0.39 is 0 Å². The standard InChI is InChI=1S/C19H21ClN2O/c1-13-6-3-7-14(2)18(13)21-19(23)22-11-5-10-17(22)15-8-4-9-16(20)12-15/h3-4,6-9,12,17H,5,10-11H2,1-2H3,(H,21,23). The Balaban J connectivity index is 1.81. The normalized spacial score (nSPS) is 17.3. The monoisotopic (exact) mass is 328 g/mol. The Morgan fingerprint density at radius 1 is 1.17 bits per heavy atom. The molecule has 0 radical (unpaired) electrons. The van der Waals surface area contributed by atoms with E-state index >= 15 is 0 Å². The maximum atomic E-state index is 12.8. The van der Waals surface area contributed by atoms with Crippen LogP contribution >= 0.6 is 11.6 Å². The SMILES string of the molecule is Cc1cccc(C)c1NC(=O)N1CCCC1c1cccc(Cl)c1. The van der Waals surface area contributed by atoms with Gasteiger partial charge in [-0.1, -0.05) is 41.9 Å². The molecule has 23 heavy (non-hydrogen) atoms. The Bertz CT molecular complexity index is 709. The van der Waals surface area contributed by atoms with Crippen LogP contribution in [0.4, 0.5) is 10.5 Å². The van der Waals surface area contributed by atoms with E-state index in [9.17, 15) is 4.79 Å². The van der Waals surface area contributed by atoms with Crippen molar-refractivity contribution in [3.05, 3.63) is 64.2 Å². The molecule has 2 amide bonds. The van der Waals surface area contributed by atoms with E-state index in [-0.39, 0.29) is 12.1 Å². The highest BCUT2D eigenvalue weighted by molar-refractivity contribution is 6.30. The van der Waals surface area contributed by atoms with Crippen molar-refractivity contribution in [1.29, 1.82) is 0 Å². The van der Waals surface area contributed by atoms with Crippen LogP contribution in [0.5, 0.6) is 0 Å². The van der Waals surface area contributed by atoms with Gasteiger partial charge in [-0.3, -0.25) is 0 Å². The van der Waals surface area contributed by atoms with Crippen LogP contribution in [0.1, 0.15) is 35.6 Å². The molecule has 1 fully saturated rings. The van der Waals surface area contributed by atoms with Crippen molar-refractivity contribution in [2.24, 2.45) is 0 Å². The first kappa shape index (κ1) is 15.9. The number of rotatable bonds is 2. The lowest BCUT2D eigenvalue weighted by molar-refractivity contribution is 0.207. The number of likely N-dealkylation sites (tertiary alicyclic amines) is 1. The first-order valence-corrected chi connectivity index (χ1v) is 8.33. The Kier molecular flexibility index (Phi) is 4.58. The number of hydrogen-bond acceptors (Lipinski definition) is 1. The van der Waals surface area contributed by atoms with E-state index in [1.807, 2.05) is 61.2 Å². The van der Waals surface area contributed by atoms with Gasteiger partial charge in [-0.05, 0) is 55.5 Å². The molecule has 1 atom stereocenters. The quantitative estimate of drug-likeness (QED) is 0.794. The van der Waals surface area contributed by atoms with Crippen molar-refractivity contribution in [2.75, 3.05) is 11.9 Å². The third-order valence-corrected chi connectivity index (χ3v) is 4.70. The zero-order chi connectivity index (χ0) is 16.4. The summed E-state index contributed by atoms with van der Waals surface area (Å²) in [5, 5.41) is 3.80. The lowest BCUT2D eigenvalue weighted by Gasteiger charge is -2.26. The molecule has 0 aromatic heterocycles. The maximum absolute atomic E-state index is 12.8. The van der Waals surface area contributed by atoms with Crippen molar-refractivity contribution < 1.29 is 4.79 Å². The van der Waals surface area contributed by atoms with Crippen LogP contribution in [-0.2, 0) is 0 Å².